The number of hydrogen-bond acceptors (Lipinski definition) is 3. The molecule has 1 aromatic rings. The third-order valence-electron chi connectivity index (χ3n) is 4.60. The lowest BCUT2D eigenvalue weighted by Gasteiger charge is -2.48. The van der Waals surface area contributed by atoms with Crippen molar-refractivity contribution in [2.24, 2.45) is 5.73 Å². The van der Waals surface area contributed by atoms with Crippen LogP contribution in [0.2, 0.25) is 5.02 Å². The van der Waals surface area contributed by atoms with Gasteiger partial charge in [-0.15, -0.1) is 0 Å². The minimum absolute atomic E-state index is 0.187. The summed E-state index contributed by atoms with van der Waals surface area (Å²) in [5, 5.41) is 0.792. The van der Waals surface area contributed by atoms with Crippen molar-refractivity contribution >= 4 is 11.6 Å². The van der Waals surface area contributed by atoms with Gasteiger partial charge in [0.1, 0.15) is 0 Å². The van der Waals surface area contributed by atoms with Crippen LogP contribution in [0.1, 0.15) is 31.0 Å². The second-order valence-electron chi connectivity index (χ2n) is 6.46. The summed E-state index contributed by atoms with van der Waals surface area (Å²) in [5.74, 6) is 0. The molecular weight excluding hydrogens is 270 g/mol. The number of nitrogens with two attached hydrogens (primary N) is 1. The van der Waals surface area contributed by atoms with E-state index < -0.39 is 0 Å². The minimum Gasteiger partial charge on any atom is -0.329 e. The Hall–Kier alpha value is -0.610. The van der Waals surface area contributed by atoms with E-state index in [1.807, 2.05) is 12.1 Å². The van der Waals surface area contributed by atoms with E-state index in [0.29, 0.717) is 6.54 Å². The van der Waals surface area contributed by atoms with Crippen LogP contribution in [-0.4, -0.2) is 48.6 Å². The molecule has 1 heterocycles. The van der Waals surface area contributed by atoms with Gasteiger partial charge in [-0.25, -0.2) is 0 Å². The van der Waals surface area contributed by atoms with Crippen LogP contribution in [0.4, 0.5) is 0 Å². The summed E-state index contributed by atoms with van der Waals surface area (Å²) >= 11 is 6.06. The van der Waals surface area contributed by atoms with Crippen LogP contribution >= 0.6 is 11.6 Å². The van der Waals surface area contributed by atoms with E-state index in [4.69, 9.17) is 17.3 Å². The molecule has 0 radical (unpaired) electrons. The molecule has 0 amide bonds. The van der Waals surface area contributed by atoms with E-state index in [0.717, 1.165) is 24.7 Å². The van der Waals surface area contributed by atoms with Gasteiger partial charge in [0, 0.05) is 42.8 Å². The van der Waals surface area contributed by atoms with E-state index in [2.05, 4.69) is 43.7 Å². The molecule has 3 nitrogen and oxygen atoms in total. The predicted octanol–water partition coefficient (Wildman–Crippen LogP) is 2.67. The number of nitrogens with zero attached hydrogens (tertiary/aromatic N) is 2. The van der Waals surface area contributed by atoms with Gasteiger partial charge in [0.05, 0.1) is 0 Å². The molecule has 1 aliphatic heterocycles. The van der Waals surface area contributed by atoms with Crippen molar-refractivity contribution in [2.75, 3.05) is 33.2 Å². The van der Waals surface area contributed by atoms with E-state index in [1.165, 1.54) is 11.1 Å². The van der Waals surface area contributed by atoms with Crippen LogP contribution in [0.15, 0.2) is 18.2 Å². The van der Waals surface area contributed by atoms with Crippen LogP contribution < -0.4 is 5.73 Å². The van der Waals surface area contributed by atoms with Gasteiger partial charge in [-0.05, 0) is 51.1 Å². The first-order valence-corrected chi connectivity index (χ1v) is 7.64. The van der Waals surface area contributed by atoms with Gasteiger partial charge >= 0.3 is 0 Å². The van der Waals surface area contributed by atoms with Crippen LogP contribution in [-0.2, 0) is 0 Å². The Morgan fingerprint density at radius 3 is 2.60 bits per heavy atom. The third-order valence-corrected chi connectivity index (χ3v) is 4.84. The summed E-state index contributed by atoms with van der Waals surface area (Å²) < 4.78 is 0. The van der Waals surface area contributed by atoms with Crippen molar-refractivity contribution in [3.8, 4) is 0 Å². The number of halogens is 1. The van der Waals surface area contributed by atoms with Gasteiger partial charge in [0.25, 0.3) is 0 Å². The molecule has 0 bridgehead atoms. The second kappa shape index (κ2) is 6.02. The molecule has 1 atom stereocenters. The Morgan fingerprint density at radius 1 is 1.35 bits per heavy atom. The Bertz CT molecular complexity index is 473. The van der Waals surface area contributed by atoms with Gasteiger partial charge in [0.15, 0.2) is 0 Å². The number of piperazine rings is 1. The molecule has 20 heavy (non-hydrogen) atoms. The number of likely N-dealkylation sites (N-methyl/N-ethyl adjacent to an activating group) is 1. The Morgan fingerprint density at radius 2 is 2.05 bits per heavy atom. The van der Waals surface area contributed by atoms with Crippen molar-refractivity contribution in [1.29, 1.82) is 0 Å². The van der Waals surface area contributed by atoms with Crippen LogP contribution in [0.25, 0.3) is 0 Å². The second-order valence-corrected chi connectivity index (χ2v) is 6.89. The Kier molecular flexibility index (Phi) is 4.75. The first kappa shape index (κ1) is 15.8. The quantitative estimate of drug-likeness (QED) is 0.930. The average Bonchev–Trinajstić information content (AvgIpc) is 2.36. The van der Waals surface area contributed by atoms with Crippen LogP contribution in [0.3, 0.4) is 0 Å². The maximum atomic E-state index is 6.08. The number of benzene rings is 1. The van der Waals surface area contributed by atoms with Gasteiger partial charge in [0.2, 0.25) is 0 Å². The number of rotatable bonds is 3. The zero-order chi connectivity index (χ0) is 14.9. The van der Waals surface area contributed by atoms with Crippen molar-refractivity contribution < 1.29 is 0 Å². The van der Waals surface area contributed by atoms with E-state index >= 15 is 0 Å². The van der Waals surface area contributed by atoms with Crippen molar-refractivity contribution in [2.45, 2.75) is 32.4 Å². The summed E-state index contributed by atoms with van der Waals surface area (Å²) in [6.45, 7) is 10.5. The fourth-order valence-corrected chi connectivity index (χ4v) is 3.26. The summed E-state index contributed by atoms with van der Waals surface area (Å²) in [6.07, 6.45) is 0. The normalized spacial score (nSPS) is 21.9. The molecule has 1 unspecified atom stereocenters. The first-order valence-electron chi connectivity index (χ1n) is 7.26. The average molecular weight is 296 g/mol. The van der Waals surface area contributed by atoms with E-state index in [9.17, 15) is 0 Å². The Balaban J connectivity index is 2.24. The topological polar surface area (TPSA) is 32.5 Å². The zero-order valence-electron chi connectivity index (χ0n) is 13.0. The van der Waals surface area contributed by atoms with Gasteiger partial charge in [-0.2, -0.15) is 0 Å². The lowest BCUT2D eigenvalue weighted by atomic mass is 9.94. The molecule has 2 rings (SSSR count). The molecule has 2 N–H and O–H groups in total. The molecule has 0 aliphatic carbocycles. The van der Waals surface area contributed by atoms with Gasteiger partial charge < -0.3 is 5.73 Å². The molecule has 112 valence electrons. The summed E-state index contributed by atoms with van der Waals surface area (Å²) in [7, 11) is 2.20. The molecule has 0 saturated carbocycles. The lowest BCUT2D eigenvalue weighted by molar-refractivity contribution is 0.0179. The minimum atomic E-state index is 0.187. The number of aryl methyl sites for hydroxylation is 1. The fourth-order valence-electron chi connectivity index (χ4n) is 3.03. The van der Waals surface area contributed by atoms with Crippen molar-refractivity contribution in [3.63, 3.8) is 0 Å². The molecule has 0 spiro atoms. The third kappa shape index (κ3) is 3.17. The largest absolute Gasteiger partial charge is 0.329 e. The fraction of sp³-hybridized carbons (Fsp3) is 0.625. The molecule has 0 aromatic heterocycles. The smallest absolute Gasteiger partial charge is 0.0474 e. The highest BCUT2D eigenvalue weighted by Crippen LogP contribution is 2.29. The molecule has 1 aromatic carbocycles. The lowest BCUT2D eigenvalue weighted by Crippen LogP contribution is -2.58. The Labute approximate surface area is 127 Å². The van der Waals surface area contributed by atoms with E-state index in [-0.39, 0.29) is 11.6 Å². The maximum absolute atomic E-state index is 6.08. The van der Waals surface area contributed by atoms with Crippen molar-refractivity contribution in [3.05, 3.63) is 34.3 Å². The van der Waals surface area contributed by atoms with Crippen LogP contribution in [0, 0.1) is 6.92 Å². The summed E-state index contributed by atoms with van der Waals surface area (Å²) in [6, 6.07) is 6.40. The SMILES string of the molecule is Cc1cc(Cl)ccc1C(CN)N1CCN(C)C(C)(C)C1. The first-order chi connectivity index (χ1) is 9.35. The van der Waals surface area contributed by atoms with E-state index in [1.54, 1.807) is 0 Å². The molecule has 1 aliphatic rings. The highest BCUT2D eigenvalue weighted by molar-refractivity contribution is 6.30. The molecule has 1 fully saturated rings. The molecular formula is C16H26ClN3. The summed E-state index contributed by atoms with van der Waals surface area (Å²) in [5.41, 5.74) is 8.79. The predicted molar refractivity (Wildman–Crippen MR) is 86.3 cm³/mol. The monoisotopic (exact) mass is 295 g/mol. The standard InChI is InChI=1S/C16H26ClN3/c1-12-9-13(17)5-6-14(12)15(10-18)20-8-7-19(4)16(2,3)11-20/h5-6,9,15H,7-8,10-11,18H2,1-4H3. The highest BCUT2D eigenvalue weighted by atomic mass is 35.5. The summed E-state index contributed by atoms with van der Waals surface area (Å²) in [4.78, 5) is 4.93. The van der Waals surface area contributed by atoms with Gasteiger partial charge in [-0.3, -0.25) is 9.80 Å². The number of hydrogen-bond donors (Lipinski definition) is 1. The molecule has 1 saturated heterocycles. The zero-order valence-corrected chi connectivity index (χ0v) is 13.7. The maximum Gasteiger partial charge on any atom is 0.0474 e. The molecule has 4 heteroatoms. The van der Waals surface area contributed by atoms with Gasteiger partial charge in [-0.1, -0.05) is 17.7 Å². The highest BCUT2D eigenvalue weighted by Gasteiger charge is 2.34. The van der Waals surface area contributed by atoms with Crippen LogP contribution in [0.5, 0.6) is 0 Å². The van der Waals surface area contributed by atoms with Crippen molar-refractivity contribution in [1.82, 2.24) is 9.80 Å².